The Hall–Kier alpha value is -2.10. The van der Waals surface area contributed by atoms with Crippen molar-refractivity contribution in [3.8, 4) is 0 Å². The number of benzene rings is 1. The molecule has 0 saturated carbocycles. The lowest BCUT2D eigenvalue weighted by molar-refractivity contribution is -0.113. The van der Waals surface area contributed by atoms with Gasteiger partial charge in [0, 0.05) is 18.4 Å². The minimum atomic E-state index is -0.290. The highest BCUT2D eigenvalue weighted by molar-refractivity contribution is 6.20. The largest absolute Gasteiger partial charge is 0.510 e. The fourth-order valence-electron chi connectivity index (χ4n) is 1.76. The molecule has 0 amide bonds. The number of anilines is 1. The van der Waals surface area contributed by atoms with E-state index in [2.05, 4.69) is 0 Å². The monoisotopic (exact) mass is 246 g/mol. The van der Waals surface area contributed by atoms with E-state index in [0.29, 0.717) is 0 Å². The topological polar surface area (TPSA) is 64.4 Å². The fourth-order valence-corrected chi connectivity index (χ4v) is 1.76. The Kier molecular flexibility index (Phi) is 4.66. The van der Waals surface area contributed by atoms with E-state index >= 15 is 0 Å². The molecule has 2 N–H and O–H groups in total. The first-order valence-corrected chi connectivity index (χ1v) is 5.68. The standard InChI is InChI=1S/C14H18N2O2/c1-10(15)14(11(2)17)13(18)9-16(3)12-7-5-4-6-8-12/h4-8,15,18H,9H2,1-3H3. The highest BCUT2D eigenvalue weighted by Crippen LogP contribution is 2.14. The van der Waals surface area contributed by atoms with Gasteiger partial charge in [0.15, 0.2) is 5.78 Å². The van der Waals surface area contributed by atoms with Crippen LogP contribution in [-0.2, 0) is 4.79 Å². The number of aliphatic hydroxyl groups is 1. The van der Waals surface area contributed by atoms with Crippen molar-refractivity contribution in [1.82, 2.24) is 0 Å². The predicted molar refractivity (Wildman–Crippen MR) is 73.4 cm³/mol. The van der Waals surface area contributed by atoms with Crippen molar-refractivity contribution in [3.63, 3.8) is 0 Å². The molecule has 0 spiro atoms. The maximum absolute atomic E-state index is 11.4. The summed E-state index contributed by atoms with van der Waals surface area (Å²) >= 11 is 0. The van der Waals surface area contributed by atoms with Gasteiger partial charge < -0.3 is 15.4 Å². The summed E-state index contributed by atoms with van der Waals surface area (Å²) in [5.74, 6) is -0.359. The number of aliphatic hydroxyl groups excluding tert-OH is 1. The van der Waals surface area contributed by atoms with Crippen molar-refractivity contribution >= 4 is 17.2 Å². The molecule has 0 unspecified atom stereocenters. The van der Waals surface area contributed by atoms with Crippen LogP contribution in [0.1, 0.15) is 13.8 Å². The second-order valence-electron chi connectivity index (χ2n) is 4.19. The predicted octanol–water partition coefficient (Wildman–Crippen LogP) is 2.56. The van der Waals surface area contributed by atoms with Gasteiger partial charge in [0.1, 0.15) is 5.76 Å². The van der Waals surface area contributed by atoms with Gasteiger partial charge in [0.2, 0.25) is 0 Å². The molecule has 0 heterocycles. The lowest BCUT2D eigenvalue weighted by Gasteiger charge is -2.19. The second-order valence-corrected chi connectivity index (χ2v) is 4.19. The Morgan fingerprint density at radius 1 is 1.28 bits per heavy atom. The number of nitrogens with zero attached hydrogens (tertiary/aromatic N) is 1. The molecule has 0 aliphatic heterocycles. The van der Waals surface area contributed by atoms with Gasteiger partial charge >= 0.3 is 0 Å². The third-order valence-electron chi connectivity index (χ3n) is 2.60. The summed E-state index contributed by atoms with van der Waals surface area (Å²) in [6.45, 7) is 3.05. The number of carbonyl (C=O) groups is 1. The number of rotatable bonds is 5. The van der Waals surface area contributed by atoms with E-state index in [1.165, 1.54) is 13.8 Å². The maximum atomic E-state index is 11.4. The number of Topliss-reactive ketones (excluding diaryl/α,β-unsaturated/α-hetero) is 1. The van der Waals surface area contributed by atoms with Crippen LogP contribution in [0.4, 0.5) is 5.69 Å². The molecule has 0 aliphatic carbocycles. The van der Waals surface area contributed by atoms with Crippen LogP contribution in [0.25, 0.3) is 0 Å². The molecule has 96 valence electrons. The van der Waals surface area contributed by atoms with Gasteiger partial charge in [-0.3, -0.25) is 4.79 Å². The van der Waals surface area contributed by atoms with Crippen LogP contribution in [0.5, 0.6) is 0 Å². The quantitative estimate of drug-likeness (QED) is 0.477. The van der Waals surface area contributed by atoms with E-state index in [4.69, 9.17) is 5.41 Å². The van der Waals surface area contributed by atoms with E-state index in [-0.39, 0.29) is 29.4 Å². The number of allylic oxidation sites excluding steroid dienone is 1. The van der Waals surface area contributed by atoms with Crippen LogP contribution in [0, 0.1) is 5.41 Å². The van der Waals surface area contributed by atoms with Gasteiger partial charge in [0.25, 0.3) is 0 Å². The molecule has 0 radical (unpaired) electrons. The summed E-state index contributed by atoms with van der Waals surface area (Å²) in [7, 11) is 1.82. The Morgan fingerprint density at radius 3 is 2.28 bits per heavy atom. The number of likely N-dealkylation sites (N-methyl/N-ethyl adjacent to an activating group) is 1. The average Bonchev–Trinajstić information content (AvgIpc) is 2.28. The smallest absolute Gasteiger partial charge is 0.165 e. The molecule has 1 aromatic rings. The van der Waals surface area contributed by atoms with Crippen molar-refractivity contribution in [2.24, 2.45) is 0 Å². The fraction of sp³-hybridized carbons (Fsp3) is 0.286. The minimum absolute atomic E-state index is 0.0682. The molecule has 0 saturated heterocycles. The first-order chi connectivity index (χ1) is 8.43. The summed E-state index contributed by atoms with van der Waals surface area (Å²) in [4.78, 5) is 13.2. The molecular weight excluding hydrogens is 228 g/mol. The molecule has 4 heteroatoms. The third-order valence-corrected chi connectivity index (χ3v) is 2.60. The Labute approximate surface area is 107 Å². The Balaban J connectivity index is 2.93. The average molecular weight is 246 g/mol. The summed E-state index contributed by atoms with van der Waals surface area (Å²) in [5.41, 5.74) is 1.12. The van der Waals surface area contributed by atoms with Crippen molar-refractivity contribution < 1.29 is 9.90 Å². The molecule has 1 aromatic carbocycles. The lowest BCUT2D eigenvalue weighted by atomic mass is 10.1. The Bertz CT molecular complexity index is 462. The van der Waals surface area contributed by atoms with E-state index in [9.17, 15) is 9.90 Å². The summed E-state index contributed by atoms with van der Waals surface area (Å²) in [5, 5.41) is 17.5. The van der Waals surface area contributed by atoms with Crippen LogP contribution in [0.15, 0.2) is 41.7 Å². The molecule has 0 atom stereocenters. The molecule has 4 nitrogen and oxygen atoms in total. The van der Waals surface area contributed by atoms with Gasteiger partial charge in [-0.25, -0.2) is 0 Å². The van der Waals surface area contributed by atoms with Crippen LogP contribution in [0.3, 0.4) is 0 Å². The molecule has 0 fully saturated rings. The zero-order chi connectivity index (χ0) is 13.7. The van der Waals surface area contributed by atoms with E-state index in [0.717, 1.165) is 5.69 Å². The number of para-hydroxylation sites is 1. The summed E-state index contributed by atoms with van der Waals surface area (Å²) in [6.07, 6.45) is 0. The molecule has 0 aromatic heterocycles. The Morgan fingerprint density at radius 2 is 1.83 bits per heavy atom. The maximum Gasteiger partial charge on any atom is 0.165 e. The SMILES string of the molecule is CC(=N)C(C(C)=O)=C(O)CN(C)c1ccccc1. The summed E-state index contributed by atoms with van der Waals surface area (Å²) < 4.78 is 0. The van der Waals surface area contributed by atoms with Crippen LogP contribution < -0.4 is 4.90 Å². The van der Waals surface area contributed by atoms with E-state index < -0.39 is 0 Å². The van der Waals surface area contributed by atoms with Crippen LogP contribution in [-0.4, -0.2) is 30.2 Å². The summed E-state index contributed by atoms with van der Waals surface area (Å²) in [6, 6.07) is 9.55. The van der Waals surface area contributed by atoms with E-state index in [1.54, 1.807) is 0 Å². The lowest BCUT2D eigenvalue weighted by Crippen LogP contribution is -2.23. The van der Waals surface area contributed by atoms with Gasteiger partial charge in [-0.2, -0.15) is 0 Å². The number of hydrogen-bond acceptors (Lipinski definition) is 4. The van der Waals surface area contributed by atoms with Gasteiger partial charge in [-0.1, -0.05) is 18.2 Å². The number of ketones is 1. The highest BCUT2D eigenvalue weighted by atomic mass is 16.3. The third kappa shape index (κ3) is 3.45. The zero-order valence-electron chi connectivity index (χ0n) is 10.9. The van der Waals surface area contributed by atoms with Crippen LogP contribution >= 0.6 is 0 Å². The normalized spacial score (nSPS) is 11.7. The molecular formula is C14H18N2O2. The first-order valence-electron chi connectivity index (χ1n) is 5.68. The molecule has 0 aliphatic rings. The van der Waals surface area contributed by atoms with Crippen molar-refractivity contribution in [2.45, 2.75) is 13.8 Å². The number of nitrogens with one attached hydrogen (secondary N) is 1. The van der Waals surface area contributed by atoms with Gasteiger partial charge in [0.05, 0.1) is 12.1 Å². The zero-order valence-corrected chi connectivity index (χ0v) is 10.9. The van der Waals surface area contributed by atoms with Crippen molar-refractivity contribution in [1.29, 1.82) is 5.41 Å². The number of hydrogen-bond donors (Lipinski definition) is 2. The second kappa shape index (κ2) is 6.00. The van der Waals surface area contributed by atoms with E-state index in [1.807, 2.05) is 42.3 Å². The highest BCUT2D eigenvalue weighted by Gasteiger charge is 2.14. The number of carbonyl (C=O) groups excluding carboxylic acids is 1. The minimum Gasteiger partial charge on any atom is -0.510 e. The van der Waals surface area contributed by atoms with Gasteiger partial charge in [-0.05, 0) is 26.0 Å². The van der Waals surface area contributed by atoms with Gasteiger partial charge in [-0.15, -0.1) is 0 Å². The first kappa shape index (κ1) is 14.0. The molecule has 1 rings (SSSR count). The van der Waals surface area contributed by atoms with Crippen molar-refractivity contribution in [3.05, 3.63) is 41.7 Å². The molecule has 18 heavy (non-hydrogen) atoms. The van der Waals surface area contributed by atoms with Crippen LogP contribution in [0.2, 0.25) is 0 Å². The van der Waals surface area contributed by atoms with Crippen molar-refractivity contribution in [2.75, 3.05) is 18.5 Å². The molecule has 0 bridgehead atoms.